The summed E-state index contributed by atoms with van der Waals surface area (Å²) in [6.45, 7) is 9.16. The van der Waals surface area contributed by atoms with E-state index >= 15 is 0 Å². The van der Waals surface area contributed by atoms with Gasteiger partial charge in [-0.25, -0.2) is 0 Å². The largest absolute Gasteiger partial charge is 0.0652 e. The maximum atomic E-state index is 2.67. The molecule has 0 radical (unpaired) electrons. The Bertz CT molecular complexity index is 394. The molecule has 0 saturated heterocycles. The summed E-state index contributed by atoms with van der Waals surface area (Å²) < 4.78 is 0. The van der Waals surface area contributed by atoms with Gasteiger partial charge in [0, 0.05) is 7.26 Å². The van der Waals surface area contributed by atoms with Crippen LogP contribution in [0.25, 0.3) is 6.08 Å². The van der Waals surface area contributed by atoms with Crippen LogP contribution in [0.15, 0.2) is 30.1 Å². The lowest BCUT2D eigenvalue weighted by Crippen LogP contribution is -2.06. The van der Waals surface area contributed by atoms with Gasteiger partial charge in [-0.2, -0.15) is 0 Å². The minimum Gasteiger partial charge on any atom is -0.0652 e. The lowest BCUT2D eigenvalue weighted by Gasteiger charge is -2.24. The third kappa shape index (κ3) is 7.10. The Morgan fingerprint density at radius 2 is 1.23 bits per heavy atom. The molecule has 0 spiro atoms. The summed E-state index contributed by atoms with van der Waals surface area (Å²) in [6.07, 6.45) is 15.0. The third-order valence-electron chi connectivity index (χ3n) is 4.53. The van der Waals surface area contributed by atoms with Gasteiger partial charge in [0.2, 0.25) is 0 Å². The van der Waals surface area contributed by atoms with E-state index in [1.54, 1.807) is 0 Å². The quantitative estimate of drug-likeness (QED) is 0.373. The van der Waals surface area contributed by atoms with Crippen molar-refractivity contribution in [1.29, 1.82) is 0 Å². The molecule has 0 nitrogen and oxygen atoms in total. The van der Waals surface area contributed by atoms with Crippen LogP contribution in [0, 0.1) is 6.92 Å². The molecule has 0 atom stereocenters. The van der Waals surface area contributed by atoms with E-state index in [1.165, 1.54) is 68.1 Å². The van der Waals surface area contributed by atoms with Gasteiger partial charge in [-0.05, 0) is 37.8 Å². The summed E-state index contributed by atoms with van der Waals surface area (Å²) >= 11 is 0. The van der Waals surface area contributed by atoms with Gasteiger partial charge >= 0.3 is 0 Å². The van der Waals surface area contributed by atoms with Crippen LogP contribution in [0.4, 0.5) is 0 Å². The minimum atomic E-state index is -0.904. The van der Waals surface area contributed by atoms with Crippen LogP contribution in [0.3, 0.4) is 0 Å². The van der Waals surface area contributed by atoms with Crippen LogP contribution in [-0.4, -0.2) is 18.5 Å². The fraction of sp³-hybridized carbons (Fsp3) is 0.619. The molecule has 0 aliphatic heterocycles. The molecule has 1 aromatic carbocycles. The monoisotopic (exact) mass is 319 g/mol. The zero-order valence-corrected chi connectivity index (χ0v) is 16.2. The number of hydrogen-bond acceptors (Lipinski definition) is 0. The molecule has 1 heteroatoms. The second-order valence-corrected chi connectivity index (χ2v) is 10.8. The molecule has 0 fully saturated rings. The standard InChI is InChI=1S/C21H36P/c1-5-8-16-22(17-9-6-2,18-10-7-3)19-15-21-13-11-20(4)12-14-21/h11-15,19H,5-10,16-18H2,1-4H3/q+1. The van der Waals surface area contributed by atoms with Crippen LogP contribution in [-0.2, 0) is 0 Å². The Kier molecular flexibility index (Phi) is 9.73. The Balaban J connectivity index is 2.90. The first-order chi connectivity index (χ1) is 10.7. The summed E-state index contributed by atoms with van der Waals surface area (Å²) in [7, 11) is -0.904. The molecule has 22 heavy (non-hydrogen) atoms. The minimum absolute atomic E-state index is 0.904. The van der Waals surface area contributed by atoms with Gasteiger partial charge in [-0.1, -0.05) is 69.9 Å². The summed E-state index contributed by atoms with van der Waals surface area (Å²) in [5.74, 6) is 2.67. The predicted molar refractivity (Wildman–Crippen MR) is 106 cm³/mol. The van der Waals surface area contributed by atoms with Crippen molar-refractivity contribution in [3.8, 4) is 0 Å². The number of aryl methyl sites for hydroxylation is 1. The first-order valence-corrected chi connectivity index (χ1v) is 11.7. The van der Waals surface area contributed by atoms with Crippen LogP contribution < -0.4 is 0 Å². The molecule has 124 valence electrons. The van der Waals surface area contributed by atoms with E-state index < -0.39 is 7.26 Å². The zero-order valence-electron chi connectivity index (χ0n) is 15.3. The van der Waals surface area contributed by atoms with Crippen molar-refractivity contribution in [3.63, 3.8) is 0 Å². The van der Waals surface area contributed by atoms with Gasteiger partial charge < -0.3 is 0 Å². The van der Waals surface area contributed by atoms with E-state index in [-0.39, 0.29) is 0 Å². The smallest absolute Gasteiger partial charge is 0.0635 e. The molecule has 0 aliphatic carbocycles. The first-order valence-electron chi connectivity index (χ1n) is 9.27. The molecule has 0 saturated carbocycles. The maximum Gasteiger partial charge on any atom is 0.0635 e. The van der Waals surface area contributed by atoms with E-state index in [9.17, 15) is 0 Å². The lowest BCUT2D eigenvalue weighted by molar-refractivity contribution is 0.840. The second kappa shape index (κ2) is 11.0. The van der Waals surface area contributed by atoms with Crippen molar-refractivity contribution in [2.45, 2.75) is 66.2 Å². The van der Waals surface area contributed by atoms with Gasteiger partial charge in [-0.3, -0.25) is 0 Å². The van der Waals surface area contributed by atoms with E-state index in [0.717, 1.165) is 0 Å². The predicted octanol–water partition coefficient (Wildman–Crippen LogP) is 7.38. The highest BCUT2D eigenvalue weighted by Crippen LogP contribution is 2.62. The number of unbranched alkanes of at least 4 members (excludes halogenated alkanes) is 3. The Hall–Kier alpha value is -0.610. The molecule has 1 aromatic rings. The van der Waals surface area contributed by atoms with Crippen molar-refractivity contribution in [2.24, 2.45) is 0 Å². The van der Waals surface area contributed by atoms with Crippen molar-refractivity contribution in [3.05, 3.63) is 41.2 Å². The Morgan fingerprint density at radius 1 is 0.773 bits per heavy atom. The average molecular weight is 319 g/mol. The number of rotatable bonds is 11. The molecule has 0 aliphatic rings. The molecular formula is C21H36P+. The molecule has 0 bridgehead atoms. The summed E-state index contributed by atoms with van der Waals surface area (Å²) in [6, 6.07) is 8.98. The van der Waals surface area contributed by atoms with Crippen molar-refractivity contribution in [2.75, 3.05) is 18.5 Å². The lowest BCUT2D eigenvalue weighted by atomic mass is 10.2. The third-order valence-corrected chi connectivity index (χ3v) is 8.93. The van der Waals surface area contributed by atoms with Gasteiger partial charge in [0.05, 0.1) is 24.3 Å². The topological polar surface area (TPSA) is 0 Å². The van der Waals surface area contributed by atoms with Crippen LogP contribution in [0.5, 0.6) is 0 Å². The Morgan fingerprint density at radius 3 is 1.64 bits per heavy atom. The highest BCUT2D eigenvalue weighted by atomic mass is 31.2. The fourth-order valence-electron chi connectivity index (χ4n) is 2.90. The van der Waals surface area contributed by atoms with E-state index in [0.29, 0.717) is 0 Å². The molecule has 0 heterocycles. The molecular weight excluding hydrogens is 283 g/mol. The summed E-state index contributed by atoms with van der Waals surface area (Å²) in [4.78, 5) is 0. The van der Waals surface area contributed by atoms with Crippen molar-refractivity contribution < 1.29 is 0 Å². The van der Waals surface area contributed by atoms with Gasteiger partial charge in [-0.15, -0.1) is 0 Å². The number of hydrogen-bond donors (Lipinski definition) is 0. The fourth-order valence-corrected chi connectivity index (χ4v) is 7.34. The number of benzene rings is 1. The van der Waals surface area contributed by atoms with Crippen molar-refractivity contribution in [1.82, 2.24) is 0 Å². The molecule has 0 amide bonds. The molecule has 0 aromatic heterocycles. The summed E-state index contributed by atoms with van der Waals surface area (Å²) in [5.41, 5.74) is 2.72. The van der Waals surface area contributed by atoms with Gasteiger partial charge in [0.25, 0.3) is 0 Å². The SMILES string of the molecule is CCCC[P+](C=Cc1ccc(C)cc1)(CCCC)CCCC. The highest BCUT2D eigenvalue weighted by molar-refractivity contribution is 7.78. The highest BCUT2D eigenvalue weighted by Gasteiger charge is 2.32. The molecule has 1 rings (SSSR count). The van der Waals surface area contributed by atoms with Crippen molar-refractivity contribution >= 4 is 13.3 Å². The van der Waals surface area contributed by atoms with Gasteiger partial charge in [0.1, 0.15) is 0 Å². The summed E-state index contributed by atoms with van der Waals surface area (Å²) in [5, 5.41) is 0. The van der Waals surface area contributed by atoms with E-state index in [4.69, 9.17) is 0 Å². The maximum absolute atomic E-state index is 2.67. The molecule has 0 unspecified atom stereocenters. The second-order valence-electron chi connectivity index (χ2n) is 6.68. The molecule has 0 N–H and O–H groups in total. The van der Waals surface area contributed by atoms with Crippen LogP contribution in [0.1, 0.15) is 70.4 Å². The first kappa shape index (κ1) is 19.4. The van der Waals surface area contributed by atoms with Crippen LogP contribution >= 0.6 is 7.26 Å². The van der Waals surface area contributed by atoms with E-state index in [2.05, 4.69) is 63.9 Å². The Labute approximate surface area is 139 Å². The zero-order chi connectivity index (χ0) is 16.3. The average Bonchev–Trinajstić information content (AvgIpc) is 2.55. The normalized spacial score (nSPS) is 12.2. The van der Waals surface area contributed by atoms with Crippen LogP contribution in [0.2, 0.25) is 0 Å². The van der Waals surface area contributed by atoms with E-state index in [1.807, 2.05) is 0 Å². The van der Waals surface area contributed by atoms with Gasteiger partial charge in [0.15, 0.2) is 0 Å².